The van der Waals surface area contributed by atoms with Crippen LogP contribution >= 0.6 is 0 Å². The lowest BCUT2D eigenvalue weighted by atomic mass is 9.66. The van der Waals surface area contributed by atoms with Crippen molar-refractivity contribution >= 4 is 11.9 Å². The summed E-state index contributed by atoms with van der Waals surface area (Å²) in [6.07, 6.45) is 3.20. The average Bonchev–Trinajstić information content (AvgIpc) is 2.68. The van der Waals surface area contributed by atoms with E-state index in [4.69, 9.17) is 9.84 Å². The van der Waals surface area contributed by atoms with Crippen molar-refractivity contribution in [2.24, 2.45) is 10.8 Å². The van der Waals surface area contributed by atoms with Crippen molar-refractivity contribution in [3.05, 3.63) is 0 Å². The highest BCUT2D eigenvalue weighted by Gasteiger charge is 2.46. The summed E-state index contributed by atoms with van der Waals surface area (Å²) in [4.78, 5) is 23.0. The van der Waals surface area contributed by atoms with E-state index >= 15 is 0 Å². The number of hydrogen-bond donors (Lipinski definition) is 2. The standard InChI is InChI=1S/C13H21NO4/c1-12(5-6-18-9-12)8-14-10(15)7-13(11(16)17)3-2-4-13/h2-9H2,1H3,(H,14,15)(H,16,17). The Morgan fingerprint density at radius 3 is 2.50 bits per heavy atom. The van der Waals surface area contributed by atoms with Crippen molar-refractivity contribution in [2.45, 2.75) is 39.0 Å². The summed E-state index contributed by atoms with van der Waals surface area (Å²) in [5.74, 6) is -0.982. The van der Waals surface area contributed by atoms with Crippen LogP contribution in [-0.4, -0.2) is 36.7 Å². The van der Waals surface area contributed by atoms with Crippen molar-refractivity contribution in [1.82, 2.24) is 5.32 Å². The first-order chi connectivity index (χ1) is 8.46. The fraction of sp³-hybridized carbons (Fsp3) is 0.846. The predicted octanol–water partition coefficient (Wildman–Crippen LogP) is 1.17. The number of nitrogens with one attached hydrogen (secondary N) is 1. The highest BCUT2D eigenvalue weighted by Crippen LogP contribution is 2.44. The van der Waals surface area contributed by atoms with Crippen LogP contribution in [0.5, 0.6) is 0 Å². The lowest BCUT2D eigenvalue weighted by Gasteiger charge is -2.37. The molecule has 0 radical (unpaired) electrons. The normalized spacial score (nSPS) is 29.6. The number of ether oxygens (including phenoxy) is 1. The molecule has 1 saturated carbocycles. The third kappa shape index (κ3) is 2.66. The van der Waals surface area contributed by atoms with E-state index in [1.807, 2.05) is 0 Å². The van der Waals surface area contributed by atoms with E-state index in [1.54, 1.807) is 0 Å². The van der Waals surface area contributed by atoms with Crippen LogP contribution in [0.25, 0.3) is 0 Å². The van der Waals surface area contributed by atoms with Crippen LogP contribution < -0.4 is 5.32 Å². The van der Waals surface area contributed by atoms with Gasteiger partial charge in [-0.3, -0.25) is 9.59 Å². The minimum Gasteiger partial charge on any atom is -0.481 e. The average molecular weight is 255 g/mol. The first-order valence-corrected chi connectivity index (χ1v) is 6.54. The Morgan fingerprint density at radius 1 is 1.33 bits per heavy atom. The number of carboxylic acid groups (broad SMARTS) is 1. The number of aliphatic carboxylic acids is 1. The third-order valence-corrected chi connectivity index (χ3v) is 4.28. The van der Waals surface area contributed by atoms with Gasteiger partial charge in [-0.1, -0.05) is 13.3 Å². The predicted molar refractivity (Wildman–Crippen MR) is 65.1 cm³/mol. The molecule has 0 aromatic rings. The molecule has 18 heavy (non-hydrogen) atoms. The highest BCUT2D eigenvalue weighted by atomic mass is 16.5. The SMILES string of the molecule is CC1(CNC(=O)CC2(C(=O)O)CCC2)CCOC1. The van der Waals surface area contributed by atoms with Crippen LogP contribution in [-0.2, 0) is 14.3 Å². The van der Waals surface area contributed by atoms with E-state index in [-0.39, 0.29) is 17.7 Å². The number of hydrogen-bond acceptors (Lipinski definition) is 3. The van der Waals surface area contributed by atoms with Gasteiger partial charge >= 0.3 is 5.97 Å². The largest absolute Gasteiger partial charge is 0.481 e. The third-order valence-electron chi connectivity index (χ3n) is 4.28. The van der Waals surface area contributed by atoms with Crippen LogP contribution in [0.15, 0.2) is 0 Å². The quantitative estimate of drug-likeness (QED) is 0.773. The summed E-state index contributed by atoms with van der Waals surface area (Å²) in [7, 11) is 0. The van der Waals surface area contributed by atoms with E-state index in [2.05, 4.69) is 12.2 Å². The first kappa shape index (κ1) is 13.3. The molecule has 5 heteroatoms. The van der Waals surface area contributed by atoms with Crippen LogP contribution in [0, 0.1) is 10.8 Å². The molecule has 2 fully saturated rings. The zero-order valence-corrected chi connectivity index (χ0v) is 10.8. The molecular formula is C13H21NO4. The molecule has 2 aliphatic rings. The summed E-state index contributed by atoms with van der Waals surface area (Å²) in [5, 5.41) is 12.0. The fourth-order valence-electron chi connectivity index (χ4n) is 2.60. The number of carbonyl (C=O) groups excluding carboxylic acids is 1. The van der Waals surface area contributed by atoms with E-state index in [9.17, 15) is 9.59 Å². The topological polar surface area (TPSA) is 75.6 Å². The number of amides is 1. The molecule has 5 nitrogen and oxygen atoms in total. The Balaban J connectivity index is 1.80. The molecule has 2 N–H and O–H groups in total. The van der Waals surface area contributed by atoms with E-state index < -0.39 is 11.4 Å². The maximum Gasteiger partial charge on any atom is 0.310 e. The molecule has 1 amide bonds. The second-order valence-electron chi connectivity index (χ2n) is 6.01. The molecule has 0 aromatic carbocycles. The maximum atomic E-state index is 11.8. The second-order valence-corrected chi connectivity index (χ2v) is 6.01. The van der Waals surface area contributed by atoms with Gasteiger partial charge in [0, 0.05) is 25.0 Å². The number of carbonyl (C=O) groups is 2. The van der Waals surface area contributed by atoms with Crippen molar-refractivity contribution in [1.29, 1.82) is 0 Å². The molecule has 1 aliphatic carbocycles. The monoisotopic (exact) mass is 255 g/mol. The van der Waals surface area contributed by atoms with Crippen molar-refractivity contribution < 1.29 is 19.4 Å². The molecule has 0 aromatic heterocycles. The Hall–Kier alpha value is -1.10. The summed E-state index contributed by atoms with van der Waals surface area (Å²) < 4.78 is 5.32. The molecule has 1 atom stereocenters. The van der Waals surface area contributed by atoms with Crippen LogP contribution in [0.1, 0.15) is 39.0 Å². The van der Waals surface area contributed by atoms with E-state index in [0.29, 0.717) is 26.0 Å². The maximum absolute atomic E-state index is 11.8. The zero-order valence-electron chi connectivity index (χ0n) is 10.8. The van der Waals surface area contributed by atoms with Crippen molar-refractivity contribution in [3.63, 3.8) is 0 Å². The lowest BCUT2D eigenvalue weighted by Crippen LogP contribution is -2.44. The van der Waals surface area contributed by atoms with Crippen LogP contribution in [0.3, 0.4) is 0 Å². The van der Waals surface area contributed by atoms with Crippen molar-refractivity contribution in [2.75, 3.05) is 19.8 Å². The van der Waals surface area contributed by atoms with Crippen molar-refractivity contribution in [3.8, 4) is 0 Å². The summed E-state index contributed by atoms with van der Waals surface area (Å²) in [6.45, 7) is 4.06. The molecule has 1 aliphatic heterocycles. The summed E-state index contributed by atoms with van der Waals surface area (Å²) in [5.41, 5.74) is -0.789. The van der Waals surface area contributed by atoms with Gasteiger partial charge in [-0.15, -0.1) is 0 Å². The molecule has 1 heterocycles. The molecule has 1 saturated heterocycles. The second kappa shape index (κ2) is 4.88. The summed E-state index contributed by atoms with van der Waals surface area (Å²) in [6, 6.07) is 0. The molecule has 0 spiro atoms. The summed E-state index contributed by atoms with van der Waals surface area (Å²) >= 11 is 0. The first-order valence-electron chi connectivity index (χ1n) is 6.54. The lowest BCUT2D eigenvalue weighted by molar-refractivity contribution is -0.157. The molecular weight excluding hydrogens is 234 g/mol. The Kier molecular flexibility index (Phi) is 3.61. The van der Waals surface area contributed by atoms with Gasteiger partial charge in [0.05, 0.1) is 12.0 Å². The van der Waals surface area contributed by atoms with Gasteiger partial charge in [0.2, 0.25) is 5.91 Å². The Bertz CT molecular complexity index is 343. The molecule has 102 valence electrons. The Labute approximate surface area is 107 Å². The Morgan fingerprint density at radius 2 is 2.06 bits per heavy atom. The highest BCUT2D eigenvalue weighted by molar-refractivity contribution is 5.85. The van der Waals surface area contributed by atoms with Gasteiger partial charge in [-0.05, 0) is 19.3 Å². The minimum atomic E-state index is -0.834. The van der Waals surface area contributed by atoms with Crippen LogP contribution in [0.4, 0.5) is 0 Å². The molecule has 0 bridgehead atoms. The number of carboxylic acids is 1. The fourth-order valence-corrected chi connectivity index (χ4v) is 2.60. The van der Waals surface area contributed by atoms with E-state index in [0.717, 1.165) is 19.4 Å². The van der Waals surface area contributed by atoms with Gasteiger partial charge in [0.1, 0.15) is 0 Å². The minimum absolute atomic E-state index is 0.00562. The smallest absolute Gasteiger partial charge is 0.310 e. The zero-order chi connectivity index (χ0) is 13.2. The molecule has 1 unspecified atom stereocenters. The van der Waals surface area contributed by atoms with Gasteiger partial charge in [-0.2, -0.15) is 0 Å². The van der Waals surface area contributed by atoms with Gasteiger partial charge < -0.3 is 15.2 Å². The van der Waals surface area contributed by atoms with E-state index in [1.165, 1.54) is 0 Å². The van der Waals surface area contributed by atoms with Gasteiger partial charge in [-0.25, -0.2) is 0 Å². The van der Waals surface area contributed by atoms with Gasteiger partial charge in [0.25, 0.3) is 0 Å². The number of rotatable bonds is 5. The molecule has 2 rings (SSSR count). The van der Waals surface area contributed by atoms with Gasteiger partial charge in [0.15, 0.2) is 0 Å². The van der Waals surface area contributed by atoms with Crippen LogP contribution in [0.2, 0.25) is 0 Å².